The molecular formula is C48H52ClN9O7S3. The van der Waals surface area contributed by atoms with Crippen LogP contribution in [0.3, 0.4) is 0 Å². The van der Waals surface area contributed by atoms with Crippen molar-refractivity contribution in [2.45, 2.75) is 41.6 Å². The Morgan fingerprint density at radius 2 is 1.57 bits per heavy atom. The Morgan fingerprint density at radius 3 is 2.29 bits per heavy atom. The number of thioether (sulfide) groups is 1. The number of piperazine rings is 1. The first-order chi connectivity index (χ1) is 32.7. The molecule has 1 atom stereocenters. The zero-order valence-electron chi connectivity index (χ0n) is 37.3. The molecule has 20 heteroatoms. The van der Waals surface area contributed by atoms with Crippen molar-refractivity contribution in [2.24, 2.45) is 5.92 Å². The smallest absolute Gasteiger partial charge is 0.293 e. The van der Waals surface area contributed by atoms with E-state index in [0.717, 1.165) is 61.2 Å². The Kier molecular flexibility index (Phi) is 15.5. The Balaban J connectivity index is 0.917. The van der Waals surface area contributed by atoms with Crippen LogP contribution in [0.25, 0.3) is 22.0 Å². The highest BCUT2D eigenvalue weighted by atomic mass is 35.5. The quantitative estimate of drug-likeness (QED) is 0.0429. The van der Waals surface area contributed by atoms with Crippen LogP contribution in [0.15, 0.2) is 131 Å². The number of hydrogen-bond acceptors (Lipinski definition) is 14. The molecule has 0 radical (unpaired) electrons. The second-order valence-corrected chi connectivity index (χ2v) is 22.0. The van der Waals surface area contributed by atoms with Gasteiger partial charge in [-0.3, -0.25) is 29.3 Å². The van der Waals surface area contributed by atoms with Gasteiger partial charge >= 0.3 is 0 Å². The van der Waals surface area contributed by atoms with Crippen molar-refractivity contribution in [3.8, 4) is 11.1 Å². The maximum absolute atomic E-state index is 13.9. The number of hydrogen-bond donors (Lipinski definition) is 3. The number of amides is 1. The number of benzene rings is 5. The molecule has 2 saturated heterocycles. The monoisotopic (exact) mass is 997 g/mol. The number of nitrogens with one attached hydrogen (secondary N) is 3. The van der Waals surface area contributed by atoms with Crippen LogP contribution in [-0.2, 0) is 31.4 Å². The topological polar surface area (TPSA) is 200 Å². The summed E-state index contributed by atoms with van der Waals surface area (Å²) in [6.07, 6.45) is 3.84. The van der Waals surface area contributed by atoms with Crippen LogP contribution < -0.4 is 19.7 Å². The van der Waals surface area contributed by atoms with Crippen LogP contribution >= 0.6 is 23.4 Å². The van der Waals surface area contributed by atoms with Crippen molar-refractivity contribution in [3.05, 3.63) is 142 Å². The zero-order chi connectivity index (χ0) is 47.8. The van der Waals surface area contributed by atoms with Crippen molar-refractivity contribution in [3.63, 3.8) is 0 Å². The lowest BCUT2D eigenvalue weighted by molar-refractivity contribution is -0.384. The minimum Gasteiger partial charge on any atom is -0.376 e. The molecule has 1 aromatic heterocycles. The third kappa shape index (κ3) is 12.6. The number of nitrogens with zero attached hydrogens (tertiary/aromatic N) is 6. The van der Waals surface area contributed by atoms with E-state index < -0.39 is 42.5 Å². The van der Waals surface area contributed by atoms with E-state index >= 15 is 0 Å². The molecule has 0 bridgehead atoms. The summed E-state index contributed by atoms with van der Waals surface area (Å²) in [7, 11) is -8.00. The highest BCUT2D eigenvalue weighted by Gasteiger charge is 2.29. The average Bonchev–Trinajstić information content (AvgIpc) is 3.33. The predicted octanol–water partition coefficient (Wildman–Crippen LogP) is 7.73. The third-order valence-corrected chi connectivity index (χ3v) is 15.6. The molecule has 5 aromatic carbocycles. The standard InChI is InChI=1S/C48H52ClN9O7S3/c1-67(62,63)54-48(59)35-19-22-55(23-20-35)24-21-38(32-66-40-8-3-2-4-9-40)52-44-18-16-41(30-46(44)58(60)61)68(64,65)53-47-43-17-15-39(29-45(43)50-33-51-47)57-27-25-56(26-28-57)31-36-7-5-6-10-42(36)34-11-13-37(49)14-12-34/h2-18,29-30,33,35,38,52H,19-28,31-32H2,1H3,(H,54,59)(H,50,51,53)/t38-/m1/s1. The minimum atomic E-state index is -4.35. The van der Waals surface area contributed by atoms with Crippen LogP contribution in [0.2, 0.25) is 5.02 Å². The van der Waals surface area contributed by atoms with E-state index in [1.807, 2.05) is 72.8 Å². The first-order valence-corrected chi connectivity index (χ1v) is 27.0. The molecule has 8 rings (SSSR count). The fourth-order valence-electron chi connectivity index (χ4n) is 8.59. The number of nitro groups is 1. The maximum atomic E-state index is 13.9. The number of fused-ring (bicyclic) bond motifs is 1. The molecule has 2 fully saturated rings. The fourth-order valence-corrected chi connectivity index (χ4v) is 11.3. The van der Waals surface area contributed by atoms with E-state index in [2.05, 4.69) is 57.6 Å². The van der Waals surface area contributed by atoms with E-state index in [1.54, 1.807) is 17.8 Å². The predicted molar refractivity (Wildman–Crippen MR) is 269 cm³/mol. The molecule has 1 amide bonds. The van der Waals surface area contributed by atoms with E-state index in [-0.39, 0.29) is 22.4 Å². The largest absolute Gasteiger partial charge is 0.376 e. The molecule has 356 valence electrons. The molecule has 16 nitrogen and oxygen atoms in total. The van der Waals surface area contributed by atoms with Crippen molar-refractivity contribution >= 4 is 83.1 Å². The normalized spacial score (nSPS) is 15.8. The van der Waals surface area contributed by atoms with Gasteiger partial charge in [-0.2, -0.15) is 0 Å². The van der Waals surface area contributed by atoms with Gasteiger partial charge in [0.25, 0.3) is 15.7 Å². The summed E-state index contributed by atoms with van der Waals surface area (Å²) in [6.45, 7) is 5.85. The molecule has 3 N–H and O–H groups in total. The van der Waals surface area contributed by atoms with Crippen molar-refractivity contribution in [1.29, 1.82) is 0 Å². The summed E-state index contributed by atoms with van der Waals surface area (Å²) < 4.78 is 55.6. The van der Waals surface area contributed by atoms with Crippen LogP contribution in [-0.4, -0.2) is 111 Å². The van der Waals surface area contributed by atoms with Gasteiger partial charge < -0.3 is 15.1 Å². The van der Waals surface area contributed by atoms with E-state index in [4.69, 9.17) is 11.6 Å². The highest BCUT2D eigenvalue weighted by molar-refractivity contribution is 7.99. The number of sulfonamides is 2. The number of aromatic nitrogens is 2. The Bertz CT molecular complexity index is 2970. The SMILES string of the molecule is CS(=O)(=O)NC(=O)C1CCN(CC[C@H](CSc2ccccc2)Nc2ccc(S(=O)(=O)Nc3ncnc4cc(N5CCN(Cc6ccccc6-c6ccc(Cl)cc6)CC5)ccc34)cc2[N+](=O)[O-])CC1. The summed E-state index contributed by atoms with van der Waals surface area (Å²) >= 11 is 7.74. The van der Waals surface area contributed by atoms with Gasteiger partial charge in [0.2, 0.25) is 15.9 Å². The van der Waals surface area contributed by atoms with Gasteiger partial charge in [0.15, 0.2) is 5.82 Å². The van der Waals surface area contributed by atoms with Crippen LogP contribution in [0.1, 0.15) is 24.8 Å². The molecular weight excluding hydrogens is 946 g/mol. The maximum Gasteiger partial charge on any atom is 0.293 e. The molecule has 0 aliphatic carbocycles. The van der Waals surface area contributed by atoms with Crippen LogP contribution in [0.5, 0.6) is 0 Å². The lowest BCUT2D eigenvalue weighted by Gasteiger charge is -2.36. The fraction of sp³-hybridized carbons (Fsp3) is 0.312. The number of carbonyl (C=O) groups excluding carboxylic acids is 1. The van der Waals surface area contributed by atoms with E-state index in [0.29, 0.717) is 60.6 Å². The zero-order valence-corrected chi connectivity index (χ0v) is 40.5. The van der Waals surface area contributed by atoms with Gasteiger partial charge in [-0.15, -0.1) is 11.8 Å². The average molecular weight is 999 g/mol. The van der Waals surface area contributed by atoms with Crippen LogP contribution in [0.4, 0.5) is 22.9 Å². The molecule has 2 aliphatic rings. The van der Waals surface area contributed by atoms with Gasteiger partial charge in [-0.05, 0) is 104 Å². The second kappa shape index (κ2) is 21.6. The summed E-state index contributed by atoms with van der Waals surface area (Å²) in [4.78, 5) is 40.7. The molecule has 0 spiro atoms. The van der Waals surface area contributed by atoms with E-state index in [1.165, 1.54) is 29.6 Å². The number of likely N-dealkylation sites (tertiary alicyclic amines) is 1. The highest BCUT2D eigenvalue weighted by Crippen LogP contribution is 2.33. The Morgan fingerprint density at radius 1 is 0.853 bits per heavy atom. The van der Waals surface area contributed by atoms with Gasteiger partial charge in [-0.25, -0.2) is 26.8 Å². The summed E-state index contributed by atoms with van der Waals surface area (Å²) in [5, 5.41) is 17.1. The van der Waals surface area contributed by atoms with Gasteiger partial charge in [0.1, 0.15) is 12.0 Å². The molecule has 0 unspecified atom stereocenters. The lowest BCUT2D eigenvalue weighted by Crippen LogP contribution is -2.46. The van der Waals surface area contributed by atoms with Gasteiger partial charge in [0.05, 0.1) is 21.6 Å². The molecule has 2 aliphatic heterocycles. The Labute approximate surface area is 405 Å². The number of halogens is 1. The van der Waals surface area contributed by atoms with Crippen molar-refractivity contribution in [1.82, 2.24) is 24.5 Å². The number of piperidine rings is 1. The summed E-state index contributed by atoms with van der Waals surface area (Å²) in [5.41, 5.74) is 4.81. The first kappa shape index (κ1) is 48.6. The third-order valence-electron chi connectivity index (χ3n) is 12.2. The number of carbonyl (C=O) groups is 1. The molecule has 6 aromatic rings. The molecule has 3 heterocycles. The number of nitro benzene ring substituents is 1. The Hall–Kier alpha value is -5.83. The van der Waals surface area contributed by atoms with Crippen molar-refractivity contribution < 1.29 is 26.6 Å². The van der Waals surface area contributed by atoms with Gasteiger partial charge in [0, 0.05) is 84.0 Å². The second-order valence-electron chi connectivity index (χ2n) is 17.0. The first-order valence-electron chi connectivity index (χ1n) is 22.2. The lowest BCUT2D eigenvalue weighted by atomic mass is 9.96. The van der Waals surface area contributed by atoms with E-state index in [9.17, 15) is 31.7 Å². The molecule has 0 saturated carbocycles. The summed E-state index contributed by atoms with van der Waals surface area (Å²) in [6, 6.07) is 35.2. The summed E-state index contributed by atoms with van der Waals surface area (Å²) in [5.74, 6) is -0.301. The van der Waals surface area contributed by atoms with Crippen molar-refractivity contribution in [2.75, 3.05) is 72.8 Å². The van der Waals surface area contributed by atoms with Gasteiger partial charge in [-0.1, -0.05) is 66.2 Å². The number of anilines is 3. The molecule has 68 heavy (non-hydrogen) atoms. The number of rotatable bonds is 18. The minimum absolute atomic E-state index is 0.0497. The van der Waals surface area contributed by atoms with Crippen LogP contribution in [0, 0.1) is 16.0 Å².